The van der Waals surface area contributed by atoms with Gasteiger partial charge in [0.2, 0.25) is 5.91 Å². The van der Waals surface area contributed by atoms with Gasteiger partial charge in [-0.3, -0.25) is 24.9 Å². The molecule has 0 aliphatic heterocycles. The molecule has 176 valence electrons. The van der Waals surface area contributed by atoms with E-state index < -0.39 is 16.6 Å². The molecule has 2 atom stereocenters. The number of amides is 1. The summed E-state index contributed by atoms with van der Waals surface area (Å²) in [6, 6.07) is 8.44. The van der Waals surface area contributed by atoms with Gasteiger partial charge < -0.3 is 11.5 Å². The van der Waals surface area contributed by atoms with E-state index in [0.29, 0.717) is 11.4 Å². The summed E-state index contributed by atoms with van der Waals surface area (Å²) >= 11 is 0. The summed E-state index contributed by atoms with van der Waals surface area (Å²) in [4.78, 5) is 30.6. The highest BCUT2D eigenvalue weighted by molar-refractivity contribution is 5.92. The molecule has 1 aromatic carbocycles. The van der Waals surface area contributed by atoms with Gasteiger partial charge in [0.1, 0.15) is 11.5 Å². The number of carbonyl (C=O) groups is 1. The Morgan fingerprint density at radius 2 is 1.97 bits per heavy atom. The zero-order chi connectivity index (χ0) is 24.2. The summed E-state index contributed by atoms with van der Waals surface area (Å²) in [5.41, 5.74) is 15.4. The zero-order valence-electron chi connectivity index (χ0n) is 18.2. The van der Waals surface area contributed by atoms with Gasteiger partial charge >= 0.3 is 0 Å². The number of primary amides is 1. The first-order valence-corrected chi connectivity index (χ1v) is 10.8. The van der Waals surface area contributed by atoms with E-state index >= 15 is 4.39 Å². The third-order valence-electron chi connectivity index (χ3n) is 5.85. The summed E-state index contributed by atoms with van der Waals surface area (Å²) < 4.78 is 15.9. The fourth-order valence-electron chi connectivity index (χ4n) is 3.99. The number of nitro benzene ring substituents is 1. The molecule has 0 saturated heterocycles. The lowest BCUT2D eigenvalue weighted by molar-refractivity contribution is -0.384. The molecule has 1 fully saturated rings. The minimum absolute atomic E-state index is 0.0566. The standard InChI is InChI=1S/C23H24FN7O3/c24-22-17(14-4-3-5-16(10-14)31(33)34)12-27-13-20(22)30(29-19-7-2-1-6-18(19)25)21-9-8-15(11-28-21)23(26)32/h3-5,8-13,18-19,29H,1-2,6-7,25H2,(H2,26,32). The maximum absolute atomic E-state index is 15.9. The summed E-state index contributed by atoms with van der Waals surface area (Å²) in [5.74, 6) is -0.971. The largest absolute Gasteiger partial charge is 0.366 e. The number of benzene rings is 1. The second-order valence-electron chi connectivity index (χ2n) is 8.12. The van der Waals surface area contributed by atoms with Gasteiger partial charge in [-0.25, -0.2) is 14.8 Å². The van der Waals surface area contributed by atoms with Crippen molar-refractivity contribution >= 4 is 23.1 Å². The molecule has 10 nitrogen and oxygen atoms in total. The van der Waals surface area contributed by atoms with Gasteiger partial charge in [-0.1, -0.05) is 25.0 Å². The normalized spacial score (nSPS) is 17.8. The molecular weight excluding hydrogens is 441 g/mol. The second-order valence-corrected chi connectivity index (χ2v) is 8.12. The quantitative estimate of drug-likeness (QED) is 0.355. The molecule has 0 radical (unpaired) electrons. The van der Waals surface area contributed by atoms with Crippen molar-refractivity contribution in [2.24, 2.45) is 11.5 Å². The van der Waals surface area contributed by atoms with E-state index in [1.54, 1.807) is 12.1 Å². The Morgan fingerprint density at radius 1 is 1.18 bits per heavy atom. The van der Waals surface area contributed by atoms with Crippen LogP contribution >= 0.6 is 0 Å². The van der Waals surface area contributed by atoms with Crippen molar-refractivity contribution < 1.29 is 14.1 Å². The number of nitro groups is 1. The van der Waals surface area contributed by atoms with Crippen LogP contribution in [0.4, 0.5) is 21.6 Å². The molecule has 3 aromatic rings. The van der Waals surface area contributed by atoms with Gasteiger partial charge in [0, 0.05) is 42.2 Å². The third-order valence-corrected chi connectivity index (χ3v) is 5.85. The molecule has 4 rings (SSSR count). The van der Waals surface area contributed by atoms with E-state index in [2.05, 4.69) is 15.4 Å². The molecule has 11 heteroatoms. The number of nitrogens with one attached hydrogen (secondary N) is 1. The molecule has 5 N–H and O–H groups in total. The lowest BCUT2D eigenvalue weighted by Crippen LogP contribution is -2.53. The van der Waals surface area contributed by atoms with Gasteiger partial charge in [-0.15, -0.1) is 0 Å². The minimum Gasteiger partial charge on any atom is -0.366 e. The molecule has 1 saturated carbocycles. The molecule has 1 aliphatic carbocycles. The van der Waals surface area contributed by atoms with Gasteiger partial charge in [0.15, 0.2) is 5.82 Å². The number of hydrogen-bond donors (Lipinski definition) is 3. The Morgan fingerprint density at radius 3 is 2.65 bits per heavy atom. The molecular formula is C23H24FN7O3. The molecule has 0 bridgehead atoms. The van der Waals surface area contributed by atoms with Gasteiger partial charge in [0.05, 0.1) is 16.7 Å². The average molecular weight is 465 g/mol. The first-order chi connectivity index (χ1) is 16.3. The van der Waals surface area contributed by atoms with Crippen molar-refractivity contribution in [1.29, 1.82) is 0 Å². The van der Waals surface area contributed by atoms with Crippen molar-refractivity contribution in [3.63, 3.8) is 0 Å². The van der Waals surface area contributed by atoms with Crippen LogP contribution in [0.15, 0.2) is 55.0 Å². The van der Waals surface area contributed by atoms with Crippen LogP contribution in [0, 0.1) is 15.9 Å². The van der Waals surface area contributed by atoms with Crippen molar-refractivity contribution in [1.82, 2.24) is 15.4 Å². The van der Waals surface area contributed by atoms with Crippen LogP contribution in [0.25, 0.3) is 11.1 Å². The number of hydrazine groups is 1. The van der Waals surface area contributed by atoms with Gasteiger partial charge in [-0.2, -0.15) is 0 Å². The summed E-state index contributed by atoms with van der Waals surface area (Å²) in [6.45, 7) is 0. The van der Waals surface area contributed by atoms with E-state index in [4.69, 9.17) is 11.5 Å². The second kappa shape index (κ2) is 9.89. The van der Waals surface area contributed by atoms with Crippen LogP contribution in [0.5, 0.6) is 0 Å². The number of hydrogen-bond acceptors (Lipinski definition) is 8. The average Bonchev–Trinajstić information content (AvgIpc) is 2.84. The Labute approximate surface area is 194 Å². The van der Waals surface area contributed by atoms with Crippen molar-refractivity contribution in [3.8, 4) is 11.1 Å². The van der Waals surface area contributed by atoms with Crippen molar-refractivity contribution in [3.05, 3.63) is 76.5 Å². The Bertz CT molecular complexity index is 1210. The van der Waals surface area contributed by atoms with Crippen LogP contribution in [0.2, 0.25) is 0 Å². The number of halogens is 1. The summed E-state index contributed by atoms with van der Waals surface area (Å²) in [7, 11) is 0. The number of nitrogens with zero attached hydrogens (tertiary/aromatic N) is 4. The number of anilines is 2. The lowest BCUT2D eigenvalue weighted by Gasteiger charge is -2.35. The van der Waals surface area contributed by atoms with Crippen molar-refractivity contribution in [2.45, 2.75) is 37.8 Å². The van der Waals surface area contributed by atoms with Crippen LogP contribution in [-0.2, 0) is 0 Å². The van der Waals surface area contributed by atoms with Crippen LogP contribution in [-0.4, -0.2) is 32.9 Å². The maximum Gasteiger partial charge on any atom is 0.270 e. The first kappa shape index (κ1) is 23.2. The Kier molecular flexibility index (Phi) is 6.75. The number of pyridine rings is 2. The van der Waals surface area contributed by atoms with E-state index in [1.165, 1.54) is 47.9 Å². The Hall–Kier alpha value is -3.96. The van der Waals surface area contributed by atoms with Crippen LogP contribution in [0.1, 0.15) is 36.0 Å². The molecule has 2 aromatic heterocycles. The third kappa shape index (κ3) is 4.85. The maximum atomic E-state index is 15.9. The zero-order valence-corrected chi connectivity index (χ0v) is 18.2. The van der Waals surface area contributed by atoms with Gasteiger partial charge in [-0.05, 0) is 30.5 Å². The van der Waals surface area contributed by atoms with Crippen LogP contribution < -0.4 is 21.9 Å². The molecule has 1 amide bonds. The highest BCUT2D eigenvalue weighted by Crippen LogP contribution is 2.33. The molecule has 34 heavy (non-hydrogen) atoms. The monoisotopic (exact) mass is 465 g/mol. The van der Waals surface area contributed by atoms with E-state index in [9.17, 15) is 14.9 Å². The predicted molar refractivity (Wildman–Crippen MR) is 125 cm³/mol. The van der Waals surface area contributed by atoms with E-state index in [0.717, 1.165) is 25.7 Å². The molecule has 2 heterocycles. The number of rotatable bonds is 7. The summed E-state index contributed by atoms with van der Waals surface area (Å²) in [6.07, 6.45) is 7.56. The van der Waals surface area contributed by atoms with E-state index in [-0.39, 0.29) is 34.6 Å². The van der Waals surface area contributed by atoms with E-state index in [1.807, 2.05) is 0 Å². The number of non-ortho nitro benzene ring substituents is 1. The highest BCUT2D eigenvalue weighted by atomic mass is 19.1. The molecule has 1 aliphatic rings. The fraction of sp³-hybridized carbons (Fsp3) is 0.261. The lowest BCUT2D eigenvalue weighted by atomic mass is 9.91. The number of carbonyl (C=O) groups excluding carboxylic acids is 1. The Balaban J connectivity index is 1.78. The number of aromatic nitrogens is 2. The highest BCUT2D eigenvalue weighted by Gasteiger charge is 2.27. The van der Waals surface area contributed by atoms with Gasteiger partial charge in [0.25, 0.3) is 5.69 Å². The smallest absolute Gasteiger partial charge is 0.270 e. The van der Waals surface area contributed by atoms with Crippen LogP contribution in [0.3, 0.4) is 0 Å². The summed E-state index contributed by atoms with van der Waals surface area (Å²) in [5, 5.41) is 12.6. The number of nitrogens with two attached hydrogens (primary N) is 2. The van der Waals surface area contributed by atoms with Crippen molar-refractivity contribution in [2.75, 3.05) is 5.01 Å². The first-order valence-electron chi connectivity index (χ1n) is 10.8. The fourth-order valence-corrected chi connectivity index (χ4v) is 3.99. The minimum atomic E-state index is -0.645. The predicted octanol–water partition coefficient (Wildman–Crippen LogP) is 3.20. The SMILES string of the molecule is NC(=O)c1ccc(N(NC2CCCCC2N)c2cncc(-c3cccc([N+](=O)[O-])c3)c2F)nc1. The molecule has 2 unspecified atom stereocenters. The molecule has 0 spiro atoms. The topological polar surface area (TPSA) is 153 Å².